The average molecular weight is 479 g/mol. The highest BCUT2D eigenvalue weighted by Gasteiger charge is 2.31. The van der Waals surface area contributed by atoms with Gasteiger partial charge in [-0.3, -0.25) is 4.79 Å². The van der Waals surface area contributed by atoms with Gasteiger partial charge in [0.15, 0.2) is 11.5 Å². The number of rotatable bonds is 8. The van der Waals surface area contributed by atoms with E-state index in [4.69, 9.17) is 14.0 Å². The fourth-order valence-corrected chi connectivity index (χ4v) is 4.48. The lowest BCUT2D eigenvalue weighted by molar-refractivity contribution is -0.138. The molecule has 0 bridgehead atoms. The topological polar surface area (TPSA) is 80.9 Å². The number of hydrogen-bond acceptors (Lipinski definition) is 7. The number of benzene rings is 2. The van der Waals surface area contributed by atoms with Crippen molar-refractivity contribution in [2.24, 2.45) is 5.92 Å². The lowest BCUT2D eigenvalue weighted by Gasteiger charge is -2.37. The van der Waals surface area contributed by atoms with E-state index in [0.717, 1.165) is 24.9 Å². The van der Waals surface area contributed by atoms with Crippen molar-refractivity contribution in [2.45, 2.75) is 46.2 Å². The molecule has 0 radical (unpaired) electrons. The van der Waals surface area contributed by atoms with E-state index in [1.165, 1.54) is 11.3 Å². The van der Waals surface area contributed by atoms with Crippen LogP contribution in [0, 0.1) is 12.8 Å². The minimum atomic E-state index is -0.0688. The third kappa shape index (κ3) is 5.58. The van der Waals surface area contributed by atoms with E-state index < -0.39 is 0 Å². The van der Waals surface area contributed by atoms with Crippen LogP contribution in [0.25, 0.3) is 11.4 Å². The van der Waals surface area contributed by atoms with Gasteiger partial charge in [0.1, 0.15) is 6.54 Å². The molecule has 1 fully saturated rings. The standard InChI is InChI=1S/C27H34N4O4/c1-18(2)31(27(32)21-7-6-14-30(16-21)22-11-8-19(3)9-12-22)17-25-28-26(29-35-25)20-10-13-23(33-4)24(15-20)34-5/h8-13,15,18,21H,6-7,14,16-17H2,1-5H3. The summed E-state index contributed by atoms with van der Waals surface area (Å²) in [4.78, 5) is 22.3. The van der Waals surface area contributed by atoms with Gasteiger partial charge in [-0.05, 0) is 63.9 Å². The molecule has 2 aromatic carbocycles. The summed E-state index contributed by atoms with van der Waals surface area (Å²) >= 11 is 0. The minimum absolute atomic E-state index is 0.00804. The molecule has 1 aliphatic rings. The number of nitrogens with zero attached hydrogens (tertiary/aromatic N) is 4. The second-order valence-electron chi connectivity index (χ2n) is 9.26. The van der Waals surface area contributed by atoms with Gasteiger partial charge in [0.05, 0.1) is 20.1 Å². The van der Waals surface area contributed by atoms with Gasteiger partial charge in [-0.2, -0.15) is 4.98 Å². The Kier molecular flexibility index (Phi) is 7.58. The molecule has 186 valence electrons. The number of carbonyl (C=O) groups excluding carboxylic acids is 1. The number of methoxy groups -OCH3 is 2. The van der Waals surface area contributed by atoms with Crippen LogP contribution in [-0.2, 0) is 11.3 Å². The molecular formula is C27H34N4O4. The zero-order valence-electron chi connectivity index (χ0n) is 21.2. The van der Waals surface area contributed by atoms with Crippen molar-refractivity contribution in [2.75, 3.05) is 32.2 Å². The van der Waals surface area contributed by atoms with Gasteiger partial charge in [0, 0.05) is 30.4 Å². The summed E-state index contributed by atoms with van der Waals surface area (Å²) in [6.07, 6.45) is 1.87. The minimum Gasteiger partial charge on any atom is -0.493 e. The Bertz CT molecular complexity index is 1140. The second kappa shape index (κ2) is 10.8. The Balaban J connectivity index is 1.47. The van der Waals surface area contributed by atoms with Crippen molar-refractivity contribution >= 4 is 11.6 Å². The summed E-state index contributed by atoms with van der Waals surface area (Å²) in [7, 11) is 3.18. The number of hydrogen-bond donors (Lipinski definition) is 0. The Hall–Kier alpha value is -3.55. The van der Waals surface area contributed by atoms with Crippen LogP contribution < -0.4 is 14.4 Å². The summed E-state index contributed by atoms with van der Waals surface area (Å²) in [6.45, 7) is 8.08. The number of piperidine rings is 1. The van der Waals surface area contributed by atoms with Gasteiger partial charge in [-0.25, -0.2) is 0 Å². The van der Waals surface area contributed by atoms with Crippen molar-refractivity contribution in [1.82, 2.24) is 15.0 Å². The van der Waals surface area contributed by atoms with E-state index in [1.807, 2.05) is 24.8 Å². The Labute approximate surface area is 206 Å². The fraction of sp³-hybridized carbons (Fsp3) is 0.444. The zero-order valence-corrected chi connectivity index (χ0v) is 21.2. The van der Waals surface area contributed by atoms with Crippen molar-refractivity contribution in [3.63, 3.8) is 0 Å². The summed E-state index contributed by atoms with van der Waals surface area (Å²) in [5, 5.41) is 4.13. The van der Waals surface area contributed by atoms with Crippen molar-refractivity contribution < 1.29 is 18.8 Å². The molecule has 1 saturated heterocycles. The van der Waals surface area contributed by atoms with Gasteiger partial charge >= 0.3 is 0 Å². The maximum Gasteiger partial charge on any atom is 0.246 e. The van der Waals surface area contributed by atoms with E-state index >= 15 is 0 Å². The van der Waals surface area contributed by atoms with Crippen molar-refractivity contribution in [3.05, 3.63) is 53.9 Å². The monoisotopic (exact) mass is 478 g/mol. The average Bonchev–Trinajstić information content (AvgIpc) is 3.35. The summed E-state index contributed by atoms with van der Waals surface area (Å²) < 4.78 is 16.2. The van der Waals surface area contributed by atoms with E-state index in [2.05, 4.69) is 46.2 Å². The molecule has 8 nitrogen and oxygen atoms in total. The SMILES string of the molecule is COc1ccc(-c2noc(CN(C(=O)C3CCCN(c4ccc(C)cc4)C3)C(C)C)n2)cc1OC. The first-order valence-electron chi connectivity index (χ1n) is 12.1. The van der Waals surface area contributed by atoms with E-state index in [9.17, 15) is 4.79 Å². The molecule has 1 aromatic heterocycles. The van der Waals surface area contributed by atoms with Gasteiger partial charge in [0.25, 0.3) is 0 Å². The molecule has 0 spiro atoms. The first-order chi connectivity index (χ1) is 16.9. The van der Waals surface area contributed by atoms with E-state index in [1.54, 1.807) is 26.4 Å². The highest BCUT2D eigenvalue weighted by molar-refractivity contribution is 5.80. The molecule has 8 heteroatoms. The highest BCUT2D eigenvalue weighted by atomic mass is 16.5. The van der Waals surface area contributed by atoms with Crippen LogP contribution in [0.15, 0.2) is 47.0 Å². The van der Waals surface area contributed by atoms with Crippen LogP contribution in [0.5, 0.6) is 11.5 Å². The molecule has 1 atom stereocenters. The van der Waals surface area contributed by atoms with Gasteiger partial charge in [-0.1, -0.05) is 22.9 Å². The largest absolute Gasteiger partial charge is 0.493 e. The number of aromatic nitrogens is 2. The summed E-state index contributed by atoms with van der Waals surface area (Å²) in [5.74, 6) is 2.13. The molecule has 0 saturated carbocycles. The molecule has 35 heavy (non-hydrogen) atoms. The van der Waals surface area contributed by atoms with Crippen LogP contribution in [0.2, 0.25) is 0 Å². The van der Waals surface area contributed by atoms with Crippen LogP contribution in [0.1, 0.15) is 38.1 Å². The number of amides is 1. The highest BCUT2D eigenvalue weighted by Crippen LogP contribution is 2.31. The lowest BCUT2D eigenvalue weighted by Crippen LogP contribution is -2.47. The van der Waals surface area contributed by atoms with Gasteiger partial charge in [-0.15, -0.1) is 0 Å². The van der Waals surface area contributed by atoms with E-state index in [-0.39, 0.29) is 24.4 Å². The van der Waals surface area contributed by atoms with Crippen LogP contribution in [0.3, 0.4) is 0 Å². The first-order valence-corrected chi connectivity index (χ1v) is 12.1. The molecule has 1 unspecified atom stereocenters. The maximum atomic E-state index is 13.6. The number of ether oxygens (including phenoxy) is 2. The summed E-state index contributed by atoms with van der Waals surface area (Å²) in [5.41, 5.74) is 3.15. The molecule has 1 amide bonds. The summed E-state index contributed by atoms with van der Waals surface area (Å²) in [6, 6.07) is 14.0. The molecule has 1 aliphatic heterocycles. The predicted molar refractivity (Wildman–Crippen MR) is 135 cm³/mol. The van der Waals surface area contributed by atoms with Crippen molar-refractivity contribution in [1.29, 1.82) is 0 Å². The number of carbonyl (C=O) groups is 1. The van der Waals surface area contributed by atoms with Crippen LogP contribution >= 0.6 is 0 Å². The third-order valence-corrected chi connectivity index (χ3v) is 6.49. The Morgan fingerprint density at radius 1 is 1.14 bits per heavy atom. The molecule has 2 heterocycles. The molecular weight excluding hydrogens is 444 g/mol. The maximum absolute atomic E-state index is 13.6. The lowest BCUT2D eigenvalue weighted by atomic mass is 9.95. The van der Waals surface area contributed by atoms with Crippen LogP contribution in [0.4, 0.5) is 5.69 Å². The number of anilines is 1. The second-order valence-corrected chi connectivity index (χ2v) is 9.26. The normalized spacial score (nSPS) is 15.8. The van der Waals surface area contributed by atoms with Gasteiger partial charge in [0.2, 0.25) is 17.6 Å². The van der Waals surface area contributed by atoms with Gasteiger partial charge < -0.3 is 23.8 Å². The first kappa shape index (κ1) is 24.6. The zero-order chi connectivity index (χ0) is 24.9. The Morgan fingerprint density at radius 2 is 1.89 bits per heavy atom. The number of aryl methyl sites for hydroxylation is 1. The molecule has 0 aliphatic carbocycles. The smallest absolute Gasteiger partial charge is 0.246 e. The predicted octanol–water partition coefficient (Wildman–Crippen LogP) is 4.72. The quantitative estimate of drug-likeness (QED) is 0.464. The molecule has 0 N–H and O–H groups in total. The Morgan fingerprint density at radius 3 is 2.57 bits per heavy atom. The van der Waals surface area contributed by atoms with Crippen molar-refractivity contribution in [3.8, 4) is 22.9 Å². The van der Waals surface area contributed by atoms with E-state index in [0.29, 0.717) is 29.8 Å². The van der Waals surface area contributed by atoms with Crippen LogP contribution in [-0.4, -0.2) is 54.3 Å². The molecule has 4 rings (SSSR count). The fourth-order valence-electron chi connectivity index (χ4n) is 4.48. The molecule has 3 aromatic rings. The third-order valence-electron chi connectivity index (χ3n) is 6.49.